The Morgan fingerprint density at radius 1 is 0.586 bits per heavy atom. The molecule has 2 unspecified atom stereocenters. The van der Waals surface area contributed by atoms with Crippen molar-refractivity contribution in [3.05, 3.63) is 71.8 Å². The average Bonchev–Trinajstić information content (AvgIpc) is 2.75. The molecular formula is C28H42O. The molecule has 0 fully saturated rings. The molecule has 0 aliphatic rings. The van der Waals surface area contributed by atoms with Crippen LogP contribution in [0.2, 0.25) is 0 Å². The van der Waals surface area contributed by atoms with Gasteiger partial charge in [-0.1, -0.05) is 100 Å². The van der Waals surface area contributed by atoms with Crippen LogP contribution in [0.4, 0.5) is 0 Å². The lowest BCUT2D eigenvalue weighted by molar-refractivity contribution is -0.155. The van der Waals surface area contributed by atoms with Gasteiger partial charge in [-0.3, -0.25) is 0 Å². The van der Waals surface area contributed by atoms with Gasteiger partial charge in [0.05, 0.1) is 11.2 Å². The molecule has 2 aromatic rings. The second kappa shape index (κ2) is 12.2. The van der Waals surface area contributed by atoms with E-state index < -0.39 is 0 Å². The van der Waals surface area contributed by atoms with Crippen molar-refractivity contribution in [1.29, 1.82) is 0 Å². The lowest BCUT2D eigenvalue weighted by atomic mass is 9.86. The zero-order valence-corrected chi connectivity index (χ0v) is 19.3. The van der Waals surface area contributed by atoms with Crippen LogP contribution >= 0.6 is 0 Å². The second-order valence-electron chi connectivity index (χ2n) is 9.18. The maximum Gasteiger partial charge on any atom is 0.0665 e. The molecule has 0 spiro atoms. The van der Waals surface area contributed by atoms with Gasteiger partial charge in [-0.05, 0) is 63.5 Å². The first-order valence-electron chi connectivity index (χ1n) is 11.8. The van der Waals surface area contributed by atoms with Crippen LogP contribution < -0.4 is 0 Å². The highest BCUT2D eigenvalue weighted by Crippen LogP contribution is 2.35. The summed E-state index contributed by atoms with van der Waals surface area (Å²) >= 11 is 0. The fourth-order valence-corrected chi connectivity index (χ4v) is 4.26. The smallest absolute Gasteiger partial charge is 0.0665 e. The number of rotatable bonds is 14. The molecule has 1 nitrogen and oxygen atoms in total. The number of aryl methyl sites for hydroxylation is 2. The molecule has 2 atom stereocenters. The summed E-state index contributed by atoms with van der Waals surface area (Å²) in [5, 5.41) is 0. The number of benzene rings is 2. The van der Waals surface area contributed by atoms with Crippen molar-refractivity contribution in [1.82, 2.24) is 0 Å². The van der Waals surface area contributed by atoms with Crippen molar-refractivity contribution in [2.45, 2.75) is 103 Å². The van der Waals surface area contributed by atoms with Gasteiger partial charge in [0.25, 0.3) is 0 Å². The molecule has 0 aromatic heterocycles. The first-order valence-corrected chi connectivity index (χ1v) is 11.8. The number of ether oxygens (including phenoxy) is 1. The van der Waals surface area contributed by atoms with E-state index in [4.69, 9.17) is 4.74 Å². The average molecular weight is 395 g/mol. The van der Waals surface area contributed by atoms with Crippen LogP contribution in [0.25, 0.3) is 0 Å². The first kappa shape index (κ1) is 23.7. The predicted octanol–water partition coefficient (Wildman–Crippen LogP) is 8.17. The van der Waals surface area contributed by atoms with Crippen LogP contribution in [0.3, 0.4) is 0 Å². The van der Waals surface area contributed by atoms with Gasteiger partial charge in [0, 0.05) is 0 Å². The third kappa shape index (κ3) is 8.74. The molecule has 2 aromatic carbocycles. The summed E-state index contributed by atoms with van der Waals surface area (Å²) in [6.45, 7) is 9.28. The van der Waals surface area contributed by atoms with E-state index in [1.807, 2.05) is 0 Å². The van der Waals surface area contributed by atoms with Crippen molar-refractivity contribution in [3.8, 4) is 0 Å². The molecule has 1 heteroatoms. The fraction of sp³-hybridized carbons (Fsp3) is 0.571. The Morgan fingerprint density at radius 2 is 0.966 bits per heavy atom. The maximum atomic E-state index is 7.07. The number of hydrogen-bond acceptors (Lipinski definition) is 1. The summed E-state index contributed by atoms with van der Waals surface area (Å²) in [6.07, 6.45) is 11.5. The Morgan fingerprint density at radius 3 is 1.31 bits per heavy atom. The maximum absolute atomic E-state index is 7.07. The lowest BCUT2D eigenvalue weighted by Crippen LogP contribution is -2.42. The quantitative estimate of drug-likeness (QED) is 0.314. The molecule has 0 bridgehead atoms. The Labute approximate surface area is 179 Å². The molecule has 0 saturated carbocycles. The summed E-state index contributed by atoms with van der Waals surface area (Å²) in [5.74, 6) is 0. The predicted molar refractivity (Wildman–Crippen MR) is 126 cm³/mol. The largest absolute Gasteiger partial charge is 0.369 e. The SMILES string of the molecule is CCCCC(C)(CCc1ccccc1)OC(C)(CCCC)CCc1ccccc1. The molecule has 0 amide bonds. The minimum atomic E-state index is -0.0645. The van der Waals surface area contributed by atoms with Crippen LogP contribution in [0.15, 0.2) is 60.7 Å². The van der Waals surface area contributed by atoms with Gasteiger partial charge >= 0.3 is 0 Å². The summed E-state index contributed by atoms with van der Waals surface area (Å²) in [6, 6.07) is 21.7. The highest BCUT2D eigenvalue weighted by atomic mass is 16.5. The number of hydrogen-bond donors (Lipinski definition) is 0. The zero-order valence-electron chi connectivity index (χ0n) is 19.3. The summed E-state index contributed by atoms with van der Waals surface area (Å²) < 4.78 is 7.07. The van der Waals surface area contributed by atoms with Gasteiger partial charge in [0.1, 0.15) is 0 Å². The Hall–Kier alpha value is -1.60. The van der Waals surface area contributed by atoms with E-state index in [-0.39, 0.29) is 11.2 Å². The normalized spacial score (nSPS) is 15.6. The van der Waals surface area contributed by atoms with Crippen molar-refractivity contribution >= 4 is 0 Å². The molecule has 0 aliphatic carbocycles. The van der Waals surface area contributed by atoms with Crippen LogP contribution in [0, 0.1) is 0 Å². The highest BCUT2D eigenvalue weighted by Gasteiger charge is 2.35. The third-order valence-corrected chi connectivity index (χ3v) is 6.18. The molecule has 0 heterocycles. The second-order valence-corrected chi connectivity index (χ2v) is 9.18. The molecular weight excluding hydrogens is 352 g/mol. The van der Waals surface area contributed by atoms with Gasteiger partial charge in [0.15, 0.2) is 0 Å². The van der Waals surface area contributed by atoms with E-state index in [9.17, 15) is 0 Å². The Bertz CT molecular complexity index is 606. The standard InChI is InChI=1S/C28H42O/c1-5-7-21-27(3,23-19-25-15-11-9-12-16-25)29-28(4,22-8-6-2)24-20-26-17-13-10-14-18-26/h9-18H,5-8,19-24H2,1-4H3. The zero-order chi connectivity index (χ0) is 21.0. The molecule has 160 valence electrons. The first-order chi connectivity index (χ1) is 14.0. The van der Waals surface area contributed by atoms with E-state index >= 15 is 0 Å². The monoisotopic (exact) mass is 394 g/mol. The topological polar surface area (TPSA) is 9.23 Å². The molecule has 0 N–H and O–H groups in total. The highest BCUT2D eigenvalue weighted by molar-refractivity contribution is 5.16. The minimum Gasteiger partial charge on any atom is -0.369 e. The van der Waals surface area contributed by atoms with Gasteiger partial charge < -0.3 is 4.74 Å². The lowest BCUT2D eigenvalue weighted by Gasteiger charge is -2.41. The molecule has 0 radical (unpaired) electrons. The van der Waals surface area contributed by atoms with E-state index in [1.165, 1.54) is 36.8 Å². The summed E-state index contributed by atoms with van der Waals surface area (Å²) in [4.78, 5) is 0. The molecule has 0 aliphatic heterocycles. The van der Waals surface area contributed by atoms with Crippen molar-refractivity contribution in [2.24, 2.45) is 0 Å². The fourth-order valence-electron chi connectivity index (χ4n) is 4.26. The third-order valence-electron chi connectivity index (χ3n) is 6.18. The van der Waals surface area contributed by atoms with E-state index in [0.29, 0.717) is 0 Å². The molecule has 2 rings (SSSR count). The van der Waals surface area contributed by atoms with E-state index in [0.717, 1.165) is 38.5 Å². The van der Waals surface area contributed by atoms with Gasteiger partial charge in [-0.15, -0.1) is 0 Å². The number of unbranched alkanes of at least 4 members (excludes halogenated alkanes) is 2. The summed E-state index contributed by atoms with van der Waals surface area (Å²) in [5.41, 5.74) is 2.70. The summed E-state index contributed by atoms with van der Waals surface area (Å²) in [7, 11) is 0. The van der Waals surface area contributed by atoms with E-state index in [2.05, 4.69) is 88.4 Å². The van der Waals surface area contributed by atoms with Crippen LogP contribution in [-0.2, 0) is 17.6 Å². The minimum absolute atomic E-state index is 0.0645. The van der Waals surface area contributed by atoms with Gasteiger partial charge in [-0.25, -0.2) is 0 Å². The Kier molecular flexibility index (Phi) is 9.94. The van der Waals surface area contributed by atoms with Gasteiger partial charge in [-0.2, -0.15) is 0 Å². The van der Waals surface area contributed by atoms with Crippen LogP contribution in [0.5, 0.6) is 0 Å². The van der Waals surface area contributed by atoms with Gasteiger partial charge in [0.2, 0.25) is 0 Å². The Balaban J connectivity index is 2.09. The van der Waals surface area contributed by atoms with Crippen LogP contribution in [0.1, 0.15) is 90.2 Å². The van der Waals surface area contributed by atoms with Crippen molar-refractivity contribution in [3.63, 3.8) is 0 Å². The van der Waals surface area contributed by atoms with Crippen LogP contribution in [-0.4, -0.2) is 11.2 Å². The van der Waals surface area contributed by atoms with Crippen molar-refractivity contribution < 1.29 is 4.74 Å². The molecule has 0 saturated heterocycles. The van der Waals surface area contributed by atoms with E-state index in [1.54, 1.807) is 0 Å². The van der Waals surface area contributed by atoms with Crippen molar-refractivity contribution in [2.75, 3.05) is 0 Å². The molecule has 29 heavy (non-hydrogen) atoms.